The molecule has 1 aromatic heterocycles. The maximum absolute atomic E-state index is 12.1. The first-order valence-electron chi connectivity index (χ1n) is 8.11. The molecule has 0 atom stereocenters. The molecule has 0 aliphatic heterocycles. The SMILES string of the molecule is CSc1nnc(CCCNC(=O)c2ccc(Cl)c(Cl)c2)n1CC(C)C. The van der Waals surface area contributed by atoms with Crippen molar-refractivity contribution in [2.75, 3.05) is 12.8 Å². The zero-order chi connectivity index (χ0) is 18.4. The second-order valence-corrected chi connectivity index (χ2v) is 7.68. The number of nitrogens with zero attached hydrogens (tertiary/aromatic N) is 3. The monoisotopic (exact) mass is 400 g/mol. The molecule has 2 rings (SSSR count). The van der Waals surface area contributed by atoms with Crippen LogP contribution in [0.5, 0.6) is 0 Å². The van der Waals surface area contributed by atoms with E-state index in [2.05, 4.69) is 33.9 Å². The molecular formula is C17H22Cl2N4OS. The van der Waals surface area contributed by atoms with Crippen LogP contribution in [-0.4, -0.2) is 33.5 Å². The van der Waals surface area contributed by atoms with Crippen molar-refractivity contribution in [1.29, 1.82) is 0 Å². The Kier molecular flexibility index (Phi) is 7.59. The van der Waals surface area contributed by atoms with Crippen LogP contribution < -0.4 is 5.32 Å². The normalized spacial score (nSPS) is 11.1. The van der Waals surface area contributed by atoms with Crippen LogP contribution >= 0.6 is 35.0 Å². The van der Waals surface area contributed by atoms with Gasteiger partial charge in [0.2, 0.25) is 0 Å². The Hall–Kier alpha value is -1.24. The molecule has 1 amide bonds. The highest BCUT2D eigenvalue weighted by molar-refractivity contribution is 7.98. The Labute approximate surface area is 162 Å². The number of aryl methyl sites for hydroxylation is 1. The maximum atomic E-state index is 12.1. The van der Waals surface area contributed by atoms with Crippen LogP contribution in [0.1, 0.15) is 36.5 Å². The van der Waals surface area contributed by atoms with Crippen molar-refractivity contribution < 1.29 is 4.79 Å². The van der Waals surface area contributed by atoms with Gasteiger partial charge in [-0.3, -0.25) is 4.79 Å². The van der Waals surface area contributed by atoms with Gasteiger partial charge in [0.1, 0.15) is 5.82 Å². The molecule has 25 heavy (non-hydrogen) atoms. The van der Waals surface area contributed by atoms with E-state index in [0.717, 1.165) is 30.4 Å². The molecule has 1 heterocycles. The lowest BCUT2D eigenvalue weighted by Gasteiger charge is -2.12. The molecule has 0 aliphatic rings. The fourth-order valence-electron chi connectivity index (χ4n) is 2.39. The summed E-state index contributed by atoms with van der Waals surface area (Å²) in [5, 5.41) is 13.2. The number of halogens is 2. The molecule has 136 valence electrons. The highest BCUT2D eigenvalue weighted by atomic mass is 35.5. The minimum Gasteiger partial charge on any atom is -0.352 e. The Bertz CT molecular complexity index is 733. The molecule has 0 radical (unpaired) electrons. The van der Waals surface area contributed by atoms with Crippen LogP contribution in [0, 0.1) is 5.92 Å². The number of aromatic nitrogens is 3. The van der Waals surface area contributed by atoms with E-state index in [1.54, 1.807) is 30.0 Å². The van der Waals surface area contributed by atoms with Gasteiger partial charge in [0.15, 0.2) is 5.16 Å². The lowest BCUT2D eigenvalue weighted by Crippen LogP contribution is -2.25. The summed E-state index contributed by atoms with van der Waals surface area (Å²) in [5.74, 6) is 1.32. The van der Waals surface area contributed by atoms with Crippen LogP contribution in [0.4, 0.5) is 0 Å². The van der Waals surface area contributed by atoms with Gasteiger partial charge in [0, 0.05) is 25.1 Å². The van der Waals surface area contributed by atoms with Crippen molar-refractivity contribution in [3.05, 3.63) is 39.6 Å². The molecule has 0 saturated heterocycles. The Morgan fingerprint density at radius 3 is 2.68 bits per heavy atom. The van der Waals surface area contributed by atoms with Gasteiger partial charge in [0.05, 0.1) is 10.0 Å². The molecule has 1 aromatic carbocycles. The van der Waals surface area contributed by atoms with E-state index in [0.29, 0.717) is 28.1 Å². The number of benzene rings is 1. The van der Waals surface area contributed by atoms with Gasteiger partial charge in [-0.15, -0.1) is 10.2 Å². The van der Waals surface area contributed by atoms with Gasteiger partial charge < -0.3 is 9.88 Å². The topological polar surface area (TPSA) is 59.8 Å². The summed E-state index contributed by atoms with van der Waals surface area (Å²) in [6.07, 6.45) is 3.56. The van der Waals surface area contributed by atoms with Crippen LogP contribution in [0.2, 0.25) is 10.0 Å². The largest absolute Gasteiger partial charge is 0.352 e. The number of hydrogen-bond donors (Lipinski definition) is 1. The Balaban J connectivity index is 1.87. The second kappa shape index (κ2) is 9.46. The van der Waals surface area contributed by atoms with Crippen LogP contribution in [0.15, 0.2) is 23.4 Å². The summed E-state index contributed by atoms with van der Waals surface area (Å²) < 4.78 is 2.16. The van der Waals surface area contributed by atoms with Gasteiger partial charge in [-0.05, 0) is 36.8 Å². The molecule has 0 saturated carbocycles. The third-order valence-electron chi connectivity index (χ3n) is 3.57. The quantitative estimate of drug-likeness (QED) is 0.529. The lowest BCUT2D eigenvalue weighted by molar-refractivity contribution is 0.0953. The van der Waals surface area contributed by atoms with Gasteiger partial charge in [0.25, 0.3) is 5.91 Å². The molecular weight excluding hydrogens is 379 g/mol. The van der Waals surface area contributed by atoms with E-state index >= 15 is 0 Å². The summed E-state index contributed by atoms with van der Waals surface area (Å²) in [6.45, 7) is 5.80. The van der Waals surface area contributed by atoms with Crippen molar-refractivity contribution in [2.45, 2.75) is 38.4 Å². The zero-order valence-corrected chi connectivity index (χ0v) is 16.9. The average molecular weight is 401 g/mol. The lowest BCUT2D eigenvalue weighted by atomic mass is 10.2. The number of amides is 1. The van der Waals surface area contributed by atoms with E-state index in [9.17, 15) is 4.79 Å². The predicted molar refractivity (Wildman–Crippen MR) is 104 cm³/mol. The van der Waals surface area contributed by atoms with Gasteiger partial charge in [-0.1, -0.05) is 48.8 Å². The number of thioether (sulfide) groups is 1. The molecule has 0 unspecified atom stereocenters. The molecule has 5 nitrogen and oxygen atoms in total. The summed E-state index contributed by atoms with van der Waals surface area (Å²) >= 11 is 13.4. The van der Waals surface area contributed by atoms with E-state index in [1.165, 1.54) is 0 Å². The third kappa shape index (κ3) is 5.62. The number of carbonyl (C=O) groups is 1. The minimum absolute atomic E-state index is 0.160. The molecule has 1 N–H and O–H groups in total. The smallest absolute Gasteiger partial charge is 0.251 e. The molecule has 2 aromatic rings. The summed E-state index contributed by atoms with van der Waals surface area (Å²) in [6, 6.07) is 4.86. The van der Waals surface area contributed by atoms with E-state index in [4.69, 9.17) is 23.2 Å². The Morgan fingerprint density at radius 2 is 2.04 bits per heavy atom. The molecule has 0 spiro atoms. The van der Waals surface area contributed by atoms with E-state index in [1.807, 2.05) is 6.26 Å². The molecule has 0 aliphatic carbocycles. The fourth-order valence-corrected chi connectivity index (χ4v) is 3.21. The zero-order valence-electron chi connectivity index (χ0n) is 14.6. The fraction of sp³-hybridized carbons (Fsp3) is 0.471. The van der Waals surface area contributed by atoms with Crippen molar-refractivity contribution in [1.82, 2.24) is 20.1 Å². The number of rotatable bonds is 8. The van der Waals surface area contributed by atoms with E-state index in [-0.39, 0.29) is 5.91 Å². The minimum atomic E-state index is -0.160. The van der Waals surface area contributed by atoms with Crippen LogP contribution in [-0.2, 0) is 13.0 Å². The molecule has 0 fully saturated rings. The first-order valence-corrected chi connectivity index (χ1v) is 10.1. The first-order chi connectivity index (χ1) is 11.9. The second-order valence-electron chi connectivity index (χ2n) is 6.10. The average Bonchev–Trinajstić information content (AvgIpc) is 2.95. The highest BCUT2D eigenvalue weighted by Crippen LogP contribution is 2.22. The number of nitrogens with one attached hydrogen (secondary N) is 1. The van der Waals surface area contributed by atoms with Crippen LogP contribution in [0.25, 0.3) is 0 Å². The standard InChI is InChI=1S/C17H22Cl2N4OS/c1-11(2)10-23-15(21-22-17(23)25-3)5-4-8-20-16(24)12-6-7-13(18)14(19)9-12/h6-7,9,11H,4-5,8,10H2,1-3H3,(H,20,24). The van der Waals surface area contributed by atoms with Crippen molar-refractivity contribution in [3.63, 3.8) is 0 Å². The highest BCUT2D eigenvalue weighted by Gasteiger charge is 2.13. The third-order valence-corrected chi connectivity index (χ3v) is 4.97. The van der Waals surface area contributed by atoms with Gasteiger partial charge in [-0.2, -0.15) is 0 Å². The van der Waals surface area contributed by atoms with E-state index < -0.39 is 0 Å². The molecule has 0 bridgehead atoms. The maximum Gasteiger partial charge on any atom is 0.251 e. The predicted octanol–water partition coefficient (Wildman–Crippen LogP) is 4.33. The van der Waals surface area contributed by atoms with Crippen LogP contribution in [0.3, 0.4) is 0 Å². The van der Waals surface area contributed by atoms with Gasteiger partial charge in [-0.25, -0.2) is 0 Å². The summed E-state index contributed by atoms with van der Waals surface area (Å²) in [4.78, 5) is 12.1. The van der Waals surface area contributed by atoms with Crippen molar-refractivity contribution in [2.24, 2.45) is 5.92 Å². The summed E-state index contributed by atoms with van der Waals surface area (Å²) in [7, 11) is 0. The molecule has 8 heteroatoms. The van der Waals surface area contributed by atoms with Gasteiger partial charge >= 0.3 is 0 Å². The number of hydrogen-bond acceptors (Lipinski definition) is 4. The Morgan fingerprint density at radius 1 is 1.28 bits per heavy atom. The summed E-state index contributed by atoms with van der Waals surface area (Å²) in [5.41, 5.74) is 0.502. The van der Waals surface area contributed by atoms with Crippen molar-refractivity contribution in [3.8, 4) is 0 Å². The number of carbonyl (C=O) groups excluding carboxylic acids is 1. The van der Waals surface area contributed by atoms with Crippen molar-refractivity contribution >= 4 is 40.9 Å². The first kappa shape index (κ1) is 20.1.